The minimum Gasteiger partial charge on any atom is -0.351 e. The van der Waals surface area contributed by atoms with Crippen LogP contribution in [0.3, 0.4) is 0 Å². The molecule has 9 nitrogen and oxygen atoms in total. The molecule has 6 rings (SSSR count). The summed E-state index contributed by atoms with van der Waals surface area (Å²) in [5, 5.41) is 3.19. The van der Waals surface area contributed by atoms with Crippen molar-refractivity contribution in [3.63, 3.8) is 0 Å². The number of hydrogen-bond donors (Lipinski definition) is 2. The van der Waals surface area contributed by atoms with Crippen molar-refractivity contribution in [1.82, 2.24) is 30.3 Å². The molecule has 2 aliphatic rings. The van der Waals surface area contributed by atoms with E-state index in [4.69, 9.17) is 26.4 Å². The quantitative estimate of drug-likeness (QED) is 0.319. The van der Waals surface area contributed by atoms with E-state index in [-0.39, 0.29) is 11.6 Å². The van der Waals surface area contributed by atoms with Gasteiger partial charge in [0, 0.05) is 22.7 Å². The summed E-state index contributed by atoms with van der Waals surface area (Å²) >= 11 is 6.37. The van der Waals surface area contributed by atoms with Gasteiger partial charge in [0.1, 0.15) is 11.2 Å². The van der Waals surface area contributed by atoms with Gasteiger partial charge in [0.2, 0.25) is 5.78 Å². The van der Waals surface area contributed by atoms with Crippen LogP contribution >= 0.6 is 11.6 Å². The first-order chi connectivity index (χ1) is 18.5. The topological polar surface area (TPSA) is 111 Å². The lowest BCUT2D eigenvalue weighted by Gasteiger charge is -2.27. The van der Waals surface area contributed by atoms with E-state index in [2.05, 4.69) is 22.7 Å². The molecule has 2 fully saturated rings. The predicted molar refractivity (Wildman–Crippen MR) is 142 cm³/mol. The van der Waals surface area contributed by atoms with E-state index in [0.29, 0.717) is 51.6 Å². The van der Waals surface area contributed by atoms with E-state index in [1.165, 1.54) is 0 Å². The molecule has 38 heavy (non-hydrogen) atoms. The number of carbonyl (C=O) groups excluding carboxylic acids is 2. The van der Waals surface area contributed by atoms with Crippen molar-refractivity contribution in [3.8, 4) is 11.3 Å². The maximum Gasteiger partial charge on any atom is 0.427 e. The molecule has 0 spiro atoms. The lowest BCUT2D eigenvalue weighted by Crippen LogP contribution is -2.25. The van der Waals surface area contributed by atoms with Crippen molar-refractivity contribution in [2.75, 3.05) is 0 Å². The third kappa shape index (κ3) is 4.75. The Hall–Kier alpha value is -3.82. The number of amides is 1. The molecule has 3 heterocycles. The number of aromatic nitrogens is 4. The lowest BCUT2D eigenvalue weighted by molar-refractivity contribution is 0.102. The van der Waals surface area contributed by atoms with Gasteiger partial charge < -0.3 is 9.40 Å². The Morgan fingerprint density at radius 2 is 1.84 bits per heavy atom. The van der Waals surface area contributed by atoms with Crippen molar-refractivity contribution in [2.45, 2.75) is 45.3 Å². The highest BCUT2D eigenvalue weighted by molar-refractivity contribution is 6.30. The fourth-order valence-electron chi connectivity index (χ4n) is 5.27. The maximum absolute atomic E-state index is 13.8. The number of ketones is 1. The van der Waals surface area contributed by atoms with Crippen LogP contribution in [0.15, 0.2) is 54.6 Å². The van der Waals surface area contributed by atoms with E-state index >= 15 is 0 Å². The molecule has 1 aliphatic heterocycles. The summed E-state index contributed by atoms with van der Waals surface area (Å²) in [7, 11) is 0. The van der Waals surface area contributed by atoms with Gasteiger partial charge in [-0.05, 0) is 36.8 Å². The molecule has 1 amide bonds. The Morgan fingerprint density at radius 3 is 2.55 bits per heavy atom. The van der Waals surface area contributed by atoms with Gasteiger partial charge in [-0.2, -0.15) is 0 Å². The monoisotopic (exact) mass is 530 g/mol. The van der Waals surface area contributed by atoms with Gasteiger partial charge in [0.15, 0.2) is 23.5 Å². The highest BCUT2D eigenvalue weighted by Crippen LogP contribution is 2.34. The highest BCUT2D eigenvalue weighted by atomic mass is 35.5. The van der Waals surface area contributed by atoms with Gasteiger partial charge in [-0.3, -0.25) is 10.1 Å². The number of nitrogens with one attached hydrogen (secondary N) is 2. The average Bonchev–Trinajstić information content (AvgIpc) is 3.53. The molecule has 0 radical (unpaired) electrons. The molecule has 1 unspecified atom stereocenters. The Labute approximate surface area is 224 Å². The van der Waals surface area contributed by atoms with Crippen molar-refractivity contribution in [1.29, 1.82) is 0 Å². The molecular formula is C28H27ClN6O3. The second-order valence-electron chi connectivity index (χ2n) is 10.1. The number of carbonyl (C=O) groups is 2. The molecule has 2 N–H and O–H groups in total. The summed E-state index contributed by atoms with van der Waals surface area (Å²) in [5.41, 5.74) is 5.53. The first-order valence-corrected chi connectivity index (χ1v) is 13.2. The first kappa shape index (κ1) is 24.5. The zero-order chi connectivity index (χ0) is 26.2. The van der Waals surface area contributed by atoms with Gasteiger partial charge in [-0.15, -0.1) is 5.48 Å². The van der Waals surface area contributed by atoms with E-state index < -0.39 is 12.3 Å². The van der Waals surface area contributed by atoms with Gasteiger partial charge >= 0.3 is 6.09 Å². The van der Waals surface area contributed by atoms with Crippen LogP contribution in [-0.2, 0) is 11.4 Å². The van der Waals surface area contributed by atoms with Gasteiger partial charge in [-0.1, -0.05) is 73.8 Å². The first-order valence-electron chi connectivity index (χ1n) is 12.8. The minimum atomic E-state index is -0.761. The third-order valence-electron chi connectivity index (χ3n) is 7.32. The Balaban J connectivity index is 1.56. The summed E-state index contributed by atoms with van der Waals surface area (Å²) in [6.07, 6.45) is 3.10. The number of halogens is 1. The molecule has 10 heteroatoms. The largest absolute Gasteiger partial charge is 0.427 e. The van der Waals surface area contributed by atoms with E-state index in [1.54, 1.807) is 18.2 Å². The number of nitrogens with zero attached hydrogens (tertiary/aromatic N) is 4. The fraction of sp³-hybridized carbons (Fsp3) is 0.321. The molecular weight excluding hydrogens is 504 g/mol. The number of imidazole rings is 1. The number of hydroxylamine groups is 1. The number of benzene rings is 2. The molecule has 0 bridgehead atoms. The number of fused-ring (bicyclic) bond motifs is 1. The molecule has 4 aromatic rings. The van der Waals surface area contributed by atoms with E-state index in [0.717, 1.165) is 31.2 Å². The Morgan fingerprint density at radius 1 is 1.05 bits per heavy atom. The standard InChI is InChI=1S/C28H27ClN6O3/c1-16-10-12-17(13-11-16)15-35-22-21(19-8-5-9-20(29)14-19)30-25(26-33-28(37)38-34-26)31-24(22)32-27(35)23(36)18-6-3-2-4-7-18/h2-9,14,16-17,26,34H,10-13,15H2,1H3,(H,33,37). The molecule has 1 saturated carbocycles. The Bertz CT molecular complexity index is 1510. The lowest BCUT2D eigenvalue weighted by atomic mass is 9.83. The van der Waals surface area contributed by atoms with Crippen LogP contribution in [0.5, 0.6) is 0 Å². The zero-order valence-corrected chi connectivity index (χ0v) is 21.6. The van der Waals surface area contributed by atoms with Crippen LogP contribution in [0.25, 0.3) is 22.4 Å². The van der Waals surface area contributed by atoms with Crippen LogP contribution in [0.4, 0.5) is 4.79 Å². The van der Waals surface area contributed by atoms with Crippen molar-refractivity contribution < 1.29 is 14.4 Å². The van der Waals surface area contributed by atoms with E-state index in [1.807, 2.05) is 41.0 Å². The second kappa shape index (κ2) is 10.2. The number of hydrogen-bond acceptors (Lipinski definition) is 7. The van der Waals surface area contributed by atoms with Crippen molar-refractivity contribution in [3.05, 3.63) is 76.8 Å². The molecule has 2 aromatic carbocycles. The van der Waals surface area contributed by atoms with Gasteiger partial charge in [0.25, 0.3) is 0 Å². The molecule has 1 aliphatic carbocycles. The summed E-state index contributed by atoms with van der Waals surface area (Å²) in [4.78, 5) is 44.6. The van der Waals surface area contributed by atoms with Crippen LogP contribution in [0.1, 0.15) is 60.8 Å². The minimum absolute atomic E-state index is 0.179. The summed E-state index contributed by atoms with van der Waals surface area (Å²) in [5.74, 6) is 1.52. The van der Waals surface area contributed by atoms with Crippen LogP contribution in [0, 0.1) is 11.8 Å². The van der Waals surface area contributed by atoms with Crippen LogP contribution in [0.2, 0.25) is 5.02 Å². The maximum atomic E-state index is 13.8. The third-order valence-corrected chi connectivity index (χ3v) is 7.56. The molecule has 1 atom stereocenters. The number of rotatable bonds is 6. The van der Waals surface area contributed by atoms with E-state index in [9.17, 15) is 9.59 Å². The van der Waals surface area contributed by atoms with Crippen LogP contribution in [-0.4, -0.2) is 31.4 Å². The predicted octanol–water partition coefficient (Wildman–Crippen LogP) is 5.45. The normalized spacial score (nSPS) is 21.3. The second-order valence-corrected chi connectivity index (χ2v) is 10.5. The summed E-state index contributed by atoms with van der Waals surface area (Å²) in [6, 6.07) is 16.5. The molecule has 1 saturated heterocycles. The average molecular weight is 531 g/mol. The van der Waals surface area contributed by atoms with Crippen molar-refractivity contribution in [2.24, 2.45) is 11.8 Å². The molecule has 194 valence electrons. The van der Waals surface area contributed by atoms with Gasteiger partial charge in [-0.25, -0.2) is 19.7 Å². The summed E-state index contributed by atoms with van der Waals surface area (Å²) < 4.78 is 1.99. The zero-order valence-electron chi connectivity index (χ0n) is 20.9. The SMILES string of the molecule is CC1CCC(Cn2c(C(=O)c3ccccc3)nc3nc(C4NOC(=O)N4)nc(-c4cccc(Cl)c4)c32)CC1. The summed E-state index contributed by atoms with van der Waals surface area (Å²) in [6.45, 7) is 2.92. The van der Waals surface area contributed by atoms with Crippen molar-refractivity contribution >= 4 is 34.6 Å². The Kier molecular flexibility index (Phi) is 6.55. The van der Waals surface area contributed by atoms with Crippen LogP contribution < -0.4 is 10.8 Å². The highest BCUT2D eigenvalue weighted by Gasteiger charge is 2.31. The molecule has 2 aromatic heterocycles. The van der Waals surface area contributed by atoms with Gasteiger partial charge in [0.05, 0.1) is 0 Å². The fourth-order valence-corrected chi connectivity index (χ4v) is 5.46. The smallest absolute Gasteiger partial charge is 0.351 e.